The van der Waals surface area contributed by atoms with Crippen molar-refractivity contribution in [2.24, 2.45) is 7.05 Å². The van der Waals surface area contributed by atoms with Gasteiger partial charge in [0.15, 0.2) is 0 Å². The van der Waals surface area contributed by atoms with Gasteiger partial charge in [-0.2, -0.15) is 5.10 Å². The van der Waals surface area contributed by atoms with Crippen LogP contribution >= 0.6 is 11.8 Å². The molecule has 1 aromatic heterocycles. The SMILES string of the molecule is Cn1nc(C(=O)N2CCCSc3ccccc32)ccc1=O. The number of aromatic nitrogens is 2. The molecule has 108 valence electrons. The van der Waals surface area contributed by atoms with Crippen LogP contribution in [0.2, 0.25) is 0 Å². The first-order valence-corrected chi connectivity index (χ1v) is 7.73. The molecule has 6 heteroatoms. The monoisotopic (exact) mass is 301 g/mol. The Morgan fingerprint density at radius 1 is 1.24 bits per heavy atom. The molecule has 0 unspecified atom stereocenters. The lowest BCUT2D eigenvalue weighted by Crippen LogP contribution is -2.34. The molecule has 1 aliphatic heterocycles. The van der Waals surface area contributed by atoms with Crippen LogP contribution in [0.15, 0.2) is 46.1 Å². The minimum absolute atomic E-state index is 0.166. The molecule has 0 saturated carbocycles. The molecule has 2 aromatic rings. The van der Waals surface area contributed by atoms with Crippen molar-refractivity contribution in [2.45, 2.75) is 11.3 Å². The lowest BCUT2D eigenvalue weighted by atomic mass is 10.2. The molecule has 1 amide bonds. The van der Waals surface area contributed by atoms with Gasteiger partial charge in [-0.15, -0.1) is 11.8 Å². The van der Waals surface area contributed by atoms with Gasteiger partial charge in [-0.1, -0.05) is 12.1 Å². The van der Waals surface area contributed by atoms with Gasteiger partial charge < -0.3 is 4.90 Å². The summed E-state index contributed by atoms with van der Waals surface area (Å²) in [6, 6.07) is 10.8. The largest absolute Gasteiger partial charge is 0.306 e. The molecule has 0 radical (unpaired) electrons. The van der Waals surface area contributed by atoms with E-state index in [9.17, 15) is 9.59 Å². The van der Waals surface area contributed by atoms with Gasteiger partial charge in [-0.3, -0.25) is 9.59 Å². The highest BCUT2D eigenvalue weighted by atomic mass is 32.2. The second kappa shape index (κ2) is 5.73. The van der Waals surface area contributed by atoms with Crippen LogP contribution in [0.5, 0.6) is 0 Å². The number of hydrogen-bond donors (Lipinski definition) is 0. The maximum Gasteiger partial charge on any atom is 0.278 e. The Bertz CT molecular complexity index is 742. The molecule has 1 aliphatic rings. The van der Waals surface area contributed by atoms with E-state index in [0.717, 1.165) is 22.8 Å². The van der Waals surface area contributed by atoms with Crippen molar-refractivity contribution in [3.05, 3.63) is 52.4 Å². The molecule has 0 fully saturated rings. The Morgan fingerprint density at radius 3 is 2.86 bits per heavy atom. The third-order valence-electron chi connectivity index (χ3n) is 3.36. The van der Waals surface area contributed by atoms with Gasteiger partial charge in [0.25, 0.3) is 11.5 Å². The summed E-state index contributed by atoms with van der Waals surface area (Å²) in [6.07, 6.45) is 0.927. The molecule has 0 saturated heterocycles. The fourth-order valence-corrected chi connectivity index (χ4v) is 3.29. The number of carbonyl (C=O) groups excluding carboxylic acids is 1. The van der Waals surface area contributed by atoms with Gasteiger partial charge in [0, 0.05) is 24.6 Å². The van der Waals surface area contributed by atoms with Crippen LogP contribution in [0.3, 0.4) is 0 Å². The maximum atomic E-state index is 12.7. The van der Waals surface area contributed by atoms with E-state index in [1.165, 1.54) is 16.8 Å². The van der Waals surface area contributed by atoms with E-state index in [0.29, 0.717) is 12.2 Å². The van der Waals surface area contributed by atoms with Crippen LogP contribution in [0.1, 0.15) is 16.9 Å². The fourth-order valence-electron chi connectivity index (χ4n) is 2.29. The first-order valence-electron chi connectivity index (χ1n) is 6.75. The van der Waals surface area contributed by atoms with Crippen LogP contribution in [-0.2, 0) is 7.05 Å². The van der Waals surface area contributed by atoms with Crippen LogP contribution in [0.25, 0.3) is 0 Å². The maximum absolute atomic E-state index is 12.7. The smallest absolute Gasteiger partial charge is 0.278 e. The lowest BCUT2D eigenvalue weighted by molar-refractivity contribution is 0.0979. The van der Waals surface area contributed by atoms with E-state index >= 15 is 0 Å². The molecular weight excluding hydrogens is 286 g/mol. The number of aryl methyl sites for hydroxylation is 1. The molecule has 2 heterocycles. The van der Waals surface area contributed by atoms with Crippen molar-refractivity contribution in [3.8, 4) is 0 Å². The van der Waals surface area contributed by atoms with Crippen molar-refractivity contribution in [2.75, 3.05) is 17.2 Å². The number of carbonyl (C=O) groups is 1. The van der Waals surface area contributed by atoms with Gasteiger partial charge in [0.05, 0.1) is 5.69 Å². The summed E-state index contributed by atoms with van der Waals surface area (Å²) in [4.78, 5) is 27.0. The van der Waals surface area contributed by atoms with Crippen LogP contribution in [0.4, 0.5) is 5.69 Å². The predicted octanol–water partition coefficient (Wildman–Crippen LogP) is 1.92. The number of para-hydroxylation sites is 1. The first-order chi connectivity index (χ1) is 10.2. The number of hydrogen-bond acceptors (Lipinski definition) is 4. The van der Waals surface area contributed by atoms with Crippen LogP contribution in [0, 0.1) is 0 Å². The highest BCUT2D eigenvalue weighted by molar-refractivity contribution is 7.99. The Morgan fingerprint density at radius 2 is 2.05 bits per heavy atom. The fraction of sp³-hybridized carbons (Fsp3) is 0.267. The molecule has 5 nitrogen and oxygen atoms in total. The minimum Gasteiger partial charge on any atom is -0.306 e. The summed E-state index contributed by atoms with van der Waals surface area (Å²) < 4.78 is 1.19. The number of benzene rings is 1. The number of fused-ring (bicyclic) bond motifs is 1. The average Bonchev–Trinajstić information content (AvgIpc) is 2.71. The second-order valence-electron chi connectivity index (χ2n) is 4.81. The van der Waals surface area contributed by atoms with E-state index in [1.54, 1.807) is 23.7 Å². The summed E-state index contributed by atoms with van der Waals surface area (Å²) in [6.45, 7) is 0.660. The molecular formula is C15H15N3O2S. The summed E-state index contributed by atoms with van der Waals surface area (Å²) in [5, 5.41) is 4.06. The van der Waals surface area contributed by atoms with E-state index in [2.05, 4.69) is 5.10 Å². The highest BCUT2D eigenvalue weighted by Gasteiger charge is 2.23. The molecule has 21 heavy (non-hydrogen) atoms. The van der Waals surface area contributed by atoms with E-state index in [-0.39, 0.29) is 11.5 Å². The van der Waals surface area contributed by atoms with Gasteiger partial charge in [0.2, 0.25) is 0 Å². The summed E-state index contributed by atoms with van der Waals surface area (Å²) in [7, 11) is 1.55. The van der Waals surface area contributed by atoms with E-state index < -0.39 is 0 Å². The number of thioether (sulfide) groups is 1. The average molecular weight is 301 g/mol. The lowest BCUT2D eigenvalue weighted by Gasteiger charge is -2.22. The normalized spacial score (nSPS) is 14.4. The molecule has 1 aromatic carbocycles. The zero-order chi connectivity index (χ0) is 14.8. The van der Waals surface area contributed by atoms with Crippen molar-refractivity contribution >= 4 is 23.4 Å². The van der Waals surface area contributed by atoms with Gasteiger partial charge in [0.1, 0.15) is 5.69 Å². The minimum atomic E-state index is -0.224. The quantitative estimate of drug-likeness (QED) is 0.807. The Hall–Kier alpha value is -2.08. The summed E-state index contributed by atoms with van der Waals surface area (Å²) >= 11 is 1.76. The van der Waals surface area contributed by atoms with Gasteiger partial charge in [-0.25, -0.2) is 4.68 Å². The van der Waals surface area contributed by atoms with Crippen molar-refractivity contribution in [1.82, 2.24) is 9.78 Å². The molecule has 3 rings (SSSR count). The first kappa shape index (κ1) is 13.9. The molecule has 0 atom stereocenters. The summed E-state index contributed by atoms with van der Waals surface area (Å²) in [5.41, 5.74) is 0.984. The van der Waals surface area contributed by atoms with Crippen LogP contribution < -0.4 is 10.5 Å². The van der Waals surface area contributed by atoms with E-state index in [1.807, 2.05) is 24.3 Å². The third kappa shape index (κ3) is 2.71. The second-order valence-corrected chi connectivity index (χ2v) is 5.94. The number of rotatable bonds is 1. The van der Waals surface area contributed by atoms with Crippen molar-refractivity contribution in [1.29, 1.82) is 0 Å². The zero-order valence-electron chi connectivity index (χ0n) is 11.7. The van der Waals surface area contributed by atoms with Gasteiger partial charge >= 0.3 is 0 Å². The molecule has 0 aliphatic carbocycles. The Labute approximate surface area is 126 Å². The van der Waals surface area contributed by atoms with E-state index in [4.69, 9.17) is 0 Å². The standard InChI is InChI=1S/C15H15N3O2S/c1-17-14(19)8-7-11(16-17)15(20)18-9-4-10-21-13-6-3-2-5-12(13)18/h2-3,5-8H,4,9-10H2,1H3. The molecule has 0 spiro atoms. The zero-order valence-corrected chi connectivity index (χ0v) is 12.5. The predicted molar refractivity (Wildman–Crippen MR) is 82.9 cm³/mol. The van der Waals surface area contributed by atoms with Crippen molar-refractivity contribution in [3.63, 3.8) is 0 Å². The Kier molecular flexibility index (Phi) is 3.79. The molecule has 0 bridgehead atoms. The number of anilines is 1. The molecule has 0 N–H and O–H groups in total. The number of nitrogens with zero attached hydrogens (tertiary/aromatic N) is 3. The Balaban J connectivity index is 2.01. The van der Waals surface area contributed by atoms with Crippen molar-refractivity contribution < 1.29 is 4.79 Å². The van der Waals surface area contributed by atoms with Crippen LogP contribution in [-0.4, -0.2) is 28.0 Å². The highest BCUT2D eigenvalue weighted by Crippen LogP contribution is 2.34. The topological polar surface area (TPSA) is 55.2 Å². The van der Waals surface area contributed by atoms with Gasteiger partial charge in [-0.05, 0) is 30.4 Å². The summed E-state index contributed by atoms with van der Waals surface area (Å²) in [5.74, 6) is 0.821. The third-order valence-corrected chi connectivity index (χ3v) is 4.51. The number of amides is 1.